The zero-order valence-electron chi connectivity index (χ0n) is 14.2. The van der Waals surface area contributed by atoms with Gasteiger partial charge >= 0.3 is 0 Å². The molecule has 120 valence electrons. The van der Waals surface area contributed by atoms with Gasteiger partial charge in [-0.2, -0.15) is 0 Å². The Morgan fingerprint density at radius 2 is 1.58 bits per heavy atom. The lowest BCUT2D eigenvalue weighted by Crippen LogP contribution is -1.90. The number of nitrogens with zero attached hydrogens (tertiary/aromatic N) is 2. The van der Waals surface area contributed by atoms with E-state index in [4.69, 9.17) is 4.74 Å². The first-order chi connectivity index (χ1) is 11.7. The summed E-state index contributed by atoms with van der Waals surface area (Å²) in [6.45, 7) is 4.16. The molecule has 0 amide bonds. The highest BCUT2D eigenvalue weighted by atomic mass is 16.5. The van der Waals surface area contributed by atoms with Crippen molar-refractivity contribution in [2.45, 2.75) is 13.8 Å². The van der Waals surface area contributed by atoms with E-state index in [1.165, 1.54) is 11.1 Å². The SMILES string of the molecule is COc1ccc(/C=C(\C)c2ccnc(-c3cc(C)ccn3)c2)cc1. The monoisotopic (exact) mass is 316 g/mol. The minimum Gasteiger partial charge on any atom is -0.497 e. The van der Waals surface area contributed by atoms with Crippen LogP contribution in [0.1, 0.15) is 23.6 Å². The molecule has 1 aromatic carbocycles. The summed E-state index contributed by atoms with van der Waals surface area (Å²) in [4.78, 5) is 8.87. The molecule has 0 unspecified atom stereocenters. The van der Waals surface area contributed by atoms with E-state index in [1.54, 1.807) is 7.11 Å². The Hall–Kier alpha value is -2.94. The maximum Gasteiger partial charge on any atom is 0.118 e. The van der Waals surface area contributed by atoms with Gasteiger partial charge in [-0.25, -0.2) is 0 Å². The summed E-state index contributed by atoms with van der Waals surface area (Å²) in [6.07, 6.45) is 5.81. The number of methoxy groups -OCH3 is 1. The van der Waals surface area contributed by atoms with Crippen LogP contribution in [0.2, 0.25) is 0 Å². The molecule has 3 rings (SSSR count). The van der Waals surface area contributed by atoms with E-state index in [2.05, 4.69) is 42.0 Å². The van der Waals surface area contributed by atoms with Gasteiger partial charge in [-0.05, 0) is 72.5 Å². The van der Waals surface area contributed by atoms with E-state index in [-0.39, 0.29) is 0 Å². The maximum atomic E-state index is 5.20. The molecule has 0 aliphatic carbocycles. The summed E-state index contributed by atoms with van der Waals surface area (Å²) >= 11 is 0. The molecule has 2 aromatic heterocycles. The van der Waals surface area contributed by atoms with E-state index in [1.807, 2.05) is 48.8 Å². The van der Waals surface area contributed by atoms with Gasteiger partial charge in [0.05, 0.1) is 18.5 Å². The van der Waals surface area contributed by atoms with Crippen LogP contribution in [0.5, 0.6) is 5.75 Å². The van der Waals surface area contributed by atoms with Crippen LogP contribution in [0.15, 0.2) is 60.9 Å². The highest BCUT2D eigenvalue weighted by Gasteiger charge is 2.04. The Morgan fingerprint density at radius 3 is 2.25 bits per heavy atom. The number of hydrogen-bond donors (Lipinski definition) is 0. The average Bonchev–Trinajstić information content (AvgIpc) is 2.62. The fourth-order valence-corrected chi connectivity index (χ4v) is 2.53. The molecule has 0 aliphatic rings. The third-order valence-electron chi connectivity index (χ3n) is 3.89. The Bertz CT molecular complexity index is 867. The largest absolute Gasteiger partial charge is 0.497 e. The second kappa shape index (κ2) is 7.09. The van der Waals surface area contributed by atoms with Gasteiger partial charge in [0, 0.05) is 12.4 Å². The number of allylic oxidation sites excluding steroid dienone is 1. The Morgan fingerprint density at radius 1 is 0.917 bits per heavy atom. The quantitative estimate of drug-likeness (QED) is 0.678. The van der Waals surface area contributed by atoms with Crippen molar-refractivity contribution in [3.63, 3.8) is 0 Å². The predicted molar refractivity (Wildman–Crippen MR) is 98.7 cm³/mol. The summed E-state index contributed by atoms with van der Waals surface area (Å²) in [6, 6.07) is 16.2. The van der Waals surface area contributed by atoms with E-state index in [0.717, 1.165) is 28.3 Å². The first-order valence-electron chi connectivity index (χ1n) is 7.87. The molecule has 0 fully saturated rings. The normalized spacial score (nSPS) is 11.4. The molecule has 0 N–H and O–H groups in total. The number of hydrogen-bond acceptors (Lipinski definition) is 3. The average molecular weight is 316 g/mol. The van der Waals surface area contributed by atoms with Crippen LogP contribution in [0.25, 0.3) is 23.0 Å². The first kappa shape index (κ1) is 15.9. The maximum absolute atomic E-state index is 5.20. The van der Waals surface area contributed by atoms with Gasteiger partial charge in [0.25, 0.3) is 0 Å². The van der Waals surface area contributed by atoms with E-state index in [9.17, 15) is 0 Å². The molecule has 2 heterocycles. The molecular weight excluding hydrogens is 296 g/mol. The van der Waals surface area contributed by atoms with E-state index in [0.29, 0.717) is 0 Å². The highest BCUT2D eigenvalue weighted by Crippen LogP contribution is 2.23. The fourth-order valence-electron chi connectivity index (χ4n) is 2.53. The fraction of sp³-hybridized carbons (Fsp3) is 0.143. The van der Waals surface area contributed by atoms with Crippen molar-refractivity contribution < 1.29 is 4.74 Å². The molecule has 0 saturated heterocycles. The molecule has 3 aromatic rings. The van der Waals surface area contributed by atoms with Crippen LogP contribution in [-0.2, 0) is 0 Å². The van der Waals surface area contributed by atoms with Crippen LogP contribution in [0, 0.1) is 6.92 Å². The van der Waals surface area contributed by atoms with Crippen molar-refractivity contribution in [3.8, 4) is 17.1 Å². The minimum absolute atomic E-state index is 0.863. The summed E-state index contributed by atoms with van der Waals surface area (Å²) in [5.74, 6) is 0.863. The summed E-state index contributed by atoms with van der Waals surface area (Å²) < 4.78 is 5.20. The van der Waals surface area contributed by atoms with E-state index >= 15 is 0 Å². The van der Waals surface area contributed by atoms with Crippen LogP contribution < -0.4 is 4.74 Å². The van der Waals surface area contributed by atoms with Crippen LogP contribution in [0.3, 0.4) is 0 Å². The minimum atomic E-state index is 0.863. The number of aryl methyl sites for hydroxylation is 1. The predicted octanol–water partition coefficient (Wildman–Crippen LogP) is 5.02. The molecule has 0 radical (unpaired) electrons. The summed E-state index contributed by atoms with van der Waals surface area (Å²) in [7, 11) is 1.67. The van der Waals surface area contributed by atoms with Crippen molar-refractivity contribution >= 4 is 11.6 Å². The molecule has 0 aliphatic heterocycles. The van der Waals surface area contributed by atoms with Crippen molar-refractivity contribution in [2.24, 2.45) is 0 Å². The third-order valence-corrected chi connectivity index (χ3v) is 3.89. The number of aromatic nitrogens is 2. The molecule has 0 atom stereocenters. The lowest BCUT2D eigenvalue weighted by atomic mass is 10.0. The Balaban J connectivity index is 1.91. The molecular formula is C21H20N2O. The van der Waals surface area contributed by atoms with Crippen molar-refractivity contribution in [2.75, 3.05) is 7.11 Å². The lowest BCUT2D eigenvalue weighted by molar-refractivity contribution is 0.415. The van der Waals surface area contributed by atoms with Gasteiger partial charge in [-0.15, -0.1) is 0 Å². The second-order valence-corrected chi connectivity index (χ2v) is 5.75. The molecule has 24 heavy (non-hydrogen) atoms. The number of ether oxygens (including phenoxy) is 1. The van der Waals surface area contributed by atoms with Gasteiger partial charge in [0.15, 0.2) is 0 Å². The van der Waals surface area contributed by atoms with Gasteiger partial charge in [0.1, 0.15) is 5.75 Å². The second-order valence-electron chi connectivity index (χ2n) is 5.75. The zero-order valence-corrected chi connectivity index (χ0v) is 14.2. The van der Waals surface area contributed by atoms with Crippen molar-refractivity contribution in [3.05, 3.63) is 77.6 Å². The van der Waals surface area contributed by atoms with Crippen molar-refractivity contribution in [1.29, 1.82) is 0 Å². The lowest BCUT2D eigenvalue weighted by Gasteiger charge is -2.06. The van der Waals surface area contributed by atoms with E-state index < -0.39 is 0 Å². The number of rotatable bonds is 4. The number of benzene rings is 1. The third kappa shape index (κ3) is 3.69. The molecule has 0 spiro atoms. The molecule has 3 heteroatoms. The Labute approximate surface area is 142 Å². The summed E-state index contributed by atoms with van der Waals surface area (Å²) in [5, 5.41) is 0. The van der Waals surface area contributed by atoms with Gasteiger partial charge < -0.3 is 4.74 Å². The molecule has 0 saturated carbocycles. The molecule has 0 bridgehead atoms. The van der Waals surface area contributed by atoms with Crippen LogP contribution in [0.4, 0.5) is 0 Å². The summed E-state index contributed by atoms with van der Waals surface area (Å²) in [5.41, 5.74) is 6.42. The zero-order chi connectivity index (χ0) is 16.9. The van der Waals surface area contributed by atoms with Crippen LogP contribution >= 0.6 is 0 Å². The van der Waals surface area contributed by atoms with Crippen LogP contribution in [-0.4, -0.2) is 17.1 Å². The highest BCUT2D eigenvalue weighted by molar-refractivity contribution is 5.81. The number of pyridine rings is 2. The standard InChI is InChI=1S/C21H20N2O/c1-15-8-10-22-20(12-15)21-14-18(9-11-23-21)16(2)13-17-4-6-19(24-3)7-5-17/h4-14H,1-3H3/b16-13+. The first-order valence-corrected chi connectivity index (χ1v) is 7.87. The van der Waals surface area contributed by atoms with Crippen molar-refractivity contribution in [1.82, 2.24) is 9.97 Å². The topological polar surface area (TPSA) is 35.0 Å². The van der Waals surface area contributed by atoms with Gasteiger partial charge in [0.2, 0.25) is 0 Å². The molecule has 3 nitrogen and oxygen atoms in total. The van der Waals surface area contributed by atoms with Gasteiger partial charge in [-0.3, -0.25) is 9.97 Å². The van der Waals surface area contributed by atoms with Gasteiger partial charge in [-0.1, -0.05) is 18.2 Å². The smallest absolute Gasteiger partial charge is 0.118 e. The Kier molecular flexibility index (Phi) is 4.71.